The molecule has 0 radical (unpaired) electrons. The third-order valence-corrected chi connectivity index (χ3v) is 3.08. The maximum atomic E-state index is 12.0. The van der Waals surface area contributed by atoms with Gasteiger partial charge in [0.05, 0.1) is 12.3 Å². The van der Waals surface area contributed by atoms with Crippen molar-refractivity contribution in [2.45, 2.75) is 52.4 Å². The van der Waals surface area contributed by atoms with E-state index < -0.39 is 13.9 Å². The SMILES string of the molecule is CC(C)(C)OC(=O)N1CCC=C(O[Si](C)(C)C)C1. The van der Waals surface area contributed by atoms with Crippen molar-refractivity contribution in [3.63, 3.8) is 0 Å². The Morgan fingerprint density at radius 1 is 1.33 bits per heavy atom. The predicted octanol–water partition coefficient (Wildman–Crippen LogP) is 3.36. The fourth-order valence-corrected chi connectivity index (χ4v) is 2.60. The van der Waals surface area contributed by atoms with Crippen LogP contribution >= 0.6 is 0 Å². The molecule has 4 nitrogen and oxygen atoms in total. The van der Waals surface area contributed by atoms with E-state index in [0.29, 0.717) is 13.1 Å². The average molecular weight is 271 g/mol. The summed E-state index contributed by atoms with van der Waals surface area (Å²) in [6, 6.07) is 0. The zero-order valence-electron chi connectivity index (χ0n) is 12.4. The molecule has 0 bridgehead atoms. The quantitative estimate of drug-likeness (QED) is 0.723. The second kappa shape index (κ2) is 5.34. The third kappa shape index (κ3) is 5.58. The van der Waals surface area contributed by atoms with E-state index in [2.05, 4.69) is 25.7 Å². The van der Waals surface area contributed by atoms with Gasteiger partial charge in [0.25, 0.3) is 0 Å². The Bertz CT molecular complexity index is 339. The van der Waals surface area contributed by atoms with E-state index in [1.165, 1.54) is 0 Å². The van der Waals surface area contributed by atoms with Crippen molar-refractivity contribution < 1.29 is 14.0 Å². The normalized spacial score (nSPS) is 17.2. The van der Waals surface area contributed by atoms with Crippen molar-refractivity contribution in [3.8, 4) is 0 Å². The van der Waals surface area contributed by atoms with Crippen LogP contribution in [0.15, 0.2) is 11.8 Å². The molecule has 0 spiro atoms. The molecule has 0 saturated heterocycles. The predicted molar refractivity (Wildman–Crippen MR) is 74.9 cm³/mol. The molecule has 1 rings (SSSR count). The van der Waals surface area contributed by atoms with Crippen molar-refractivity contribution in [3.05, 3.63) is 11.8 Å². The van der Waals surface area contributed by atoms with Gasteiger partial charge in [0.15, 0.2) is 0 Å². The first-order valence-electron chi connectivity index (χ1n) is 6.43. The van der Waals surface area contributed by atoms with Crippen LogP contribution in [0, 0.1) is 0 Å². The van der Waals surface area contributed by atoms with Crippen molar-refractivity contribution in [2.24, 2.45) is 0 Å². The Kier molecular flexibility index (Phi) is 4.48. The molecule has 0 N–H and O–H groups in total. The fourth-order valence-electron chi connectivity index (χ4n) is 1.66. The van der Waals surface area contributed by atoms with Crippen LogP contribution in [0.2, 0.25) is 19.6 Å². The summed E-state index contributed by atoms with van der Waals surface area (Å²) >= 11 is 0. The van der Waals surface area contributed by atoms with Crippen LogP contribution in [0.4, 0.5) is 4.79 Å². The first-order chi connectivity index (χ1) is 8.07. The van der Waals surface area contributed by atoms with Gasteiger partial charge in [-0.1, -0.05) is 0 Å². The van der Waals surface area contributed by atoms with E-state index in [-0.39, 0.29) is 6.09 Å². The summed E-state index contributed by atoms with van der Waals surface area (Å²) in [5.41, 5.74) is -0.446. The van der Waals surface area contributed by atoms with Gasteiger partial charge < -0.3 is 14.1 Å². The van der Waals surface area contributed by atoms with Crippen molar-refractivity contribution in [1.82, 2.24) is 4.90 Å². The summed E-state index contributed by atoms with van der Waals surface area (Å²) in [7, 11) is -1.60. The molecule has 1 heterocycles. The van der Waals surface area contributed by atoms with E-state index >= 15 is 0 Å². The number of carbonyl (C=O) groups excluding carboxylic acids is 1. The number of ether oxygens (including phenoxy) is 1. The third-order valence-electron chi connectivity index (χ3n) is 2.21. The fraction of sp³-hybridized carbons (Fsp3) is 0.769. The highest BCUT2D eigenvalue weighted by atomic mass is 28.4. The summed E-state index contributed by atoms with van der Waals surface area (Å²) in [5, 5.41) is 0. The summed E-state index contributed by atoms with van der Waals surface area (Å²) in [6.45, 7) is 13.3. The highest BCUT2D eigenvalue weighted by Gasteiger charge is 2.26. The monoisotopic (exact) mass is 271 g/mol. The van der Waals surface area contributed by atoms with Crippen molar-refractivity contribution in [2.75, 3.05) is 13.1 Å². The van der Waals surface area contributed by atoms with Crippen LogP contribution in [0.3, 0.4) is 0 Å². The van der Waals surface area contributed by atoms with Crippen LogP contribution < -0.4 is 0 Å². The van der Waals surface area contributed by atoms with E-state index in [1.807, 2.05) is 20.8 Å². The van der Waals surface area contributed by atoms with Crippen LogP contribution in [0.25, 0.3) is 0 Å². The van der Waals surface area contributed by atoms with Gasteiger partial charge in [0, 0.05) is 6.54 Å². The topological polar surface area (TPSA) is 38.8 Å². The lowest BCUT2D eigenvalue weighted by molar-refractivity contribution is 0.0242. The van der Waals surface area contributed by atoms with E-state index in [1.54, 1.807) is 4.90 Å². The molecule has 1 amide bonds. The Labute approximate surface area is 111 Å². The Morgan fingerprint density at radius 3 is 2.44 bits per heavy atom. The van der Waals surface area contributed by atoms with Crippen molar-refractivity contribution >= 4 is 14.4 Å². The molecule has 18 heavy (non-hydrogen) atoms. The highest BCUT2D eigenvalue weighted by molar-refractivity contribution is 6.70. The lowest BCUT2D eigenvalue weighted by Gasteiger charge is -2.32. The lowest BCUT2D eigenvalue weighted by atomic mass is 10.2. The molecule has 0 saturated carbocycles. The minimum atomic E-state index is -1.60. The van der Waals surface area contributed by atoms with Gasteiger partial charge >= 0.3 is 6.09 Å². The largest absolute Gasteiger partial charge is 0.546 e. The maximum Gasteiger partial charge on any atom is 0.410 e. The molecule has 104 valence electrons. The Hall–Kier alpha value is -0.973. The maximum absolute atomic E-state index is 12.0. The summed E-state index contributed by atoms with van der Waals surface area (Å²) in [6.07, 6.45) is 2.66. The number of nitrogens with zero attached hydrogens (tertiary/aromatic N) is 1. The molecule has 0 aromatic carbocycles. The number of amides is 1. The van der Waals surface area contributed by atoms with Gasteiger partial charge in [-0.3, -0.25) is 0 Å². The van der Waals surface area contributed by atoms with Crippen LogP contribution in [0.5, 0.6) is 0 Å². The number of hydrogen-bond acceptors (Lipinski definition) is 3. The molecule has 0 atom stereocenters. The number of rotatable bonds is 2. The van der Waals surface area contributed by atoms with Gasteiger partial charge in [-0.2, -0.15) is 0 Å². The molecule has 0 aromatic heterocycles. The molecule has 0 aromatic rings. The molecule has 1 aliphatic rings. The van der Waals surface area contributed by atoms with Gasteiger partial charge in [-0.15, -0.1) is 0 Å². The van der Waals surface area contributed by atoms with E-state index in [9.17, 15) is 4.79 Å². The first kappa shape index (κ1) is 15.1. The minimum absolute atomic E-state index is 0.257. The first-order valence-corrected chi connectivity index (χ1v) is 9.84. The van der Waals surface area contributed by atoms with Crippen molar-refractivity contribution in [1.29, 1.82) is 0 Å². The van der Waals surface area contributed by atoms with Gasteiger partial charge in [-0.25, -0.2) is 4.79 Å². The Balaban J connectivity index is 2.57. The second-order valence-corrected chi connectivity index (χ2v) is 11.0. The minimum Gasteiger partial charge on any atom is -0.546 e. The van der Waals surface area contributed by atoms with Gasteiger partial charge in [0.1, 0.15) is 5.60 Å². The molecule has 0 aliphatic carbocycles. The zero-order chi connectivity index (χ0) is 14.0. The van der Waals surface area contributed by atoms with Crippen LogP contribution in [-0.4, -0.2) is 38.0 Å². The molecule has 5 heteroatoms. The van der Waals surface area contributed by atoms with Gasteiger partial charge in [0.2, 0.25) is 8.32 Å². The van der Waals surface area contributed by atoms with E-state index in [0.717, 1.165) is 12.2 Å². The zero-order valence-corrected chi connectivity index (χ0v) is 13.4. The standard InChI is InChI=1S/C13H25NO3Si/c1-13(2,3)16-12(15)14-9-7-8-11(10-14)17-18(4,5)6/h8H,7,9-10H2,1-6H3. The smallest absolute Gasteiger partial charge is 0.410 e. The summed E-state index contributed by atoms with van der Waals surface area (Å²) in [4.78, 5) is 13.7. The second-order valence-electron chi connectivity index (χ2n) is 6.58. The number of carbonyl (C=O) groups is 1. The molecule has 0 unspecified atom stereocenters. The average Bonchev–Trinajstić information content (AvgIpc) is 2.12. The lowest BCUT2D eigenvalue weighted by Crippen LogP contribution is -2.41. The van der Waals surface area contributed by atoms with E-state index in [4.69, 9.17) is 9.16 Å². The molecular weight excluding hydrogens is 246 g/mol. The number of hydrogen-bond donors (Lipinski definition) is 0. The molecule has 0 fully saturated rings. The summed E-state index contributed by atoms with van der Waals surface area (Å²) in [5.74, 6) is 0.909. The molecule has 1 aliphatic heterocycles. The Morgan fingerprint density at radius 2 is 1.94 bits per heavy atom. The molecular formula is C13H25NO3Si. The van der Waals surface area contributed by atoms with Crippen LogP contribution in [0.1, 0.15) is 27.2 Å². The van der Waals surface area contributed by atoms with Gasteiger partial charge in [-0.05, 0) is 52.9 Å². The highest BCUT2D eigenvalue weighted by Crippen LogP contribution is 2.18. The van der Waals surface area contributed by atoms with Crippen LogP contribution in [-0.2, 0) is 9.16 Å². The summed E-state index contributed by atoms with van der Waals surface area (Å²) < 4.78 is 11.3.